The Morgan fingerprint density at radius 3 is 1.32 bits per heavy atom. The Hall–Kier alpha value is -2.36. The molecule has 0 spiro atoms. The van der Waals surface area contributed by atoms with Gasteiger partial charge in [0, 0.05) is 5.41 Å². The van der Waals surface area contributed by atoms with Gasteiger partial charge in [-0.05, 0) is 46.5 Å². The minimum absolute atomic E-state index is 0.173. The third-order valence-electron chi connectivity index (χ3n) is 3.87. The first-order chi connectivity index (χ1) is 8.82. The predicted octanol–water partition coefficient (Wildman–Crippen LogP) is 2.82. The molecule has 0 heterocycles. The summed E-state index contributed by atoms with van der Waals surface area (Å²) in [5, 5.41) is 38.6. The number of hydrogen-bond donors (Lipinski definition) is 4. The number of aromatic hydroxyl groups is 4. The standard InChI is InChI=1S/C15H14O4/c1-15(2)9-5-13(18)11(16)3-7(9)8-4-12(17)14(19)6-10(8)15/h3-6,16-19H,1-2H3. The molecule has 2 aromatic carbocycles. The second-order valence-corrected chi connectivity index (χ2v) is 5.40. The third kappa shape index (κ3) is 1.40. The fraction of sp³-hybridized carbons (Fsp3) is 0.200. The molecule has 4 nitrogen and oxygen atoms in total. The summed E-state index contributed by atoms with van der Waals surface area (Å²) >= 11 is 0. The quantitative estimate of drug-likeness (QED) is 0.548. The summed E-state index contributed by atoms with van der Waals surface area (Å²) in [5.74, 6) is -0.744. The van der Waals surface area contributed by atoms with Gasteiger partial charge in [0.2, 0.25) is 0 Å². The van der Waals surface area contributed by atoms with Gasteiger partial charge in [0.05, 0.1) is 0 Å². The summed E-state index contributed by atoms with van der Waals surface area (Å²) in [6, 6.07) is 6.01. The first kappa shape index (κ1) is 11.7. The maximum absolute atomic E-state index is 9.66. The molecule has 2 aromatic rings. The molecular formula is C15H14O4. The molecule has 19 heavy (non-hydrogen) atoms. The zero-order chi connectivity index (χ0) is 13.9. The number of benzene rings is 2. The molecule has 0 saturated heterocycles. The van der Waals surface area contributed by atoms with Gasteiger partial charge in [-0.3, -0.25) is 0 Å². The van der Waals surface area contributed by atoms with Crippen LogP contribution in [-0.4, -0.2) is 20.4 Å². The van der Waals surface area contributed by atoms with Crippen molar-refractivity contribution in [1.82, 2.24) is 0 Å². The van der Waals surface area contributed by atoms with Crippen molar-refractivity contribution in [3.63, 3.8) is 0 Å². The molecule has 0 radical (unpaired) electrons. The Morgan fingerprint density at radius 1 is 0.632 bits per heavy atom. The monoisotopic (exact) mass is 258 g/mol. The van der Waals surface area contributed by atoms with Gasteiger partial charge in [-0.25, -0.2) is 0 Å². The maximum Gasteiger partial charge on any atom is 0.158 e. The fourth-order valence-corrected chi connectivity index (χ4v) is 2.78. The van der Waals surface area contributed by atoms with Crippen LogP contribution < -0.4 is 0 Å². The van der Waals surface area contributed by atoms with Crippen molar-refractivity contribution >= 4 is 0 Å². The molecule has 1 aliphatic rings. The summed E-state index contributed by atoms with van der Waals surface area (Å²) in [4.78, 5) is 0. The summed E-state index contributed by atoms with van der Waals surface area (Å²) in [7, 11) is 0. The number of rotatable bonds is 0. The lowest BCUT2D eigenvalue weighted by atomic mass is 9.82. The summed E-state index contributed by atoms with van der Waals surface area (Å²) in [6.45, 7) is 3.93. The average Bonchev–Trinajstić information content (AvgIpc) is 2.52. The van der Waals surface area contributed by atoms with E-state index in [0.717, 1.165) is 22.3 Å². The van der Waals surface area contributed by atoms with Crippen molar-refractivity contribution in [1.29, 1.82) is 0 Å². The van der Waals surface area contributed by atoms with Crippen molar-refractivity contribution in [3.05, 3.63) is 35.4 Å². The van der Waals surface area contributed by atoms with Crippen molar-refractivity contribution in [3.8, 4) is 34.1 Å². The first-order valence-electron chi connectivity index (χ1n) is 5.95. The predicted molar refractivity (Wildman–Crippen MR) is 70.7 cm³/mol. The van der Waals surface area contributed by atoms with Crippen LogP contribution in [0.15, 0.2) is 24.3 Å². The summed E-state index contributed by atoms with van der Waals surface area (Å²) < 4.78 is 0. The first-order valence-corrected chi connectivity index (χ1v) is 5.95. The van der Waals surface area contributed by atoms with Crippen LogP contribution in [0, 0.1) is 0 Å². The molecule has 0 fully saturated rings. The van der Waals surface area contributed by atoms with Gasteiger partial charge in [0.25, 0.3) is 0 Å². The molecular weight excluding hydrogens is 244 g/mol. The lowest BCUT2D eigenvalue weighted by molar-refractivity contribution is 0.402. The minimum Gasteiger partial charge on any atom is -0.504 e. The molecule has 0 aliphatic heterocycles. The highest BCUT2D eigenvalue weighted by Crippen LogP contribution is 2.53. The molecule has 0 saturated carbocycles. The van der Waals surface area contributed by atoms with Gasteiger partial charge in [-0.2, -0.15) is 0 Å². The van der Waals surface area contributed by atoms with E-state index in [0.29, 0.717) is 0 Å². The second-order valence-electron chi connectivity index (χ2n) is 5.40. The third-order valence-corrected chi connectivity index (χ3v) is 3.87. The lowest BCUT2D eigenvalue weighted by Gasteiger charge is -2.21. The number of fused-ring (bicyclic) bond motifs is 3. The van der Waals surface area contributed by atoms with E-state index in [1.807, 2.05) is 13.8 Å². The Balaban J connectivity index is 2.40. The van der Waals surface area contributed by atoms with Crippen LogP contribution in [0.3, 0.4) is 0 Å². The molecule has 98 valence electrons. The molecule has 0 bridgehead atoms. The molecule has 0 aromatic heterocycles. The maximum atomic E-state index is 9.66. The zero-order valence-electron chi connectivity index (χ0n) is 10.6. The smallest absolute Gasteiger partial charge is 0.158 e. The van der Waals surface area contributed by atoms with Crippen LogP contribution in [0.4, 0.5) is 0 Å². The molecule has 1 aliphatic carbocycles. The highest BCUT2D eigenvalue weighted by Gasteiger charge is 2.37. The SMILES string of the molecule is CC1(C)c2cc(O)c(O)cc2-c2cc(O)c(O)cc21. The number of phenolic OH excluding ortho intramolecular Hbond substituents is 4. The molecule has 4 N–H and O–H groups in total. The lowest BCUT2D eigenvalue weighted by Crippen LogP contribution is -2.14. The minimum atomic E-state index is -0.416. The number of phenols is 4. The highest BCUT2D eigenvalue weighted by atomic mass is 16.3. The normalized spacial score (nSPS) is 15.1. The van der Waals surface area contributed by atoms with E-state index in [9.17, 15) is 20.4 Å². The molecule has 4 heteroatoms. The van der Waals surface area contributed by atoms with E-state index in [2.05, 4.69) is 0 Å². The van der Waals surface area contributed by atoms with E-state index in [1.165, 1.54) is 24.3 Å². The van der Waals surface area contributed by atoms with Crippen LogP contribution in [0.2, 0.25) is 0 Å². The van der Waals surface area contributed by atoms with Crippen LogP contribution in [-0.2, 0) is 5.41 Å². The van der Waals surface area contributed by atoms with Crippen LogP contribution >= 0.6 is 0 Å². The molecule has 0 atom stereocenters. The zero-order valence-corrected chi connectivity index (χ0v) is 10.6. The van der Waals surface area contributed by atoms with Gasteiger partial charge in [-0.1, -0.05) is 13.8 Å². The number of hydrogen-bond acceptors (Lipinski definition) is 4. The van der Waals surface area contributed by atoms with E-state index in [1.54, 1.807) is 0 Å². The molecule has 3 rings (SSSR count). The van der Waals surface area contributed by atoms with E-state index in [-0.39, 0.29) is 23.0 Å². The molecule has 0 unspecified atom stereocenters. The van der Waals surface area contributed by atoms with Crippen LogP contribution in [0.25, 0.3) is 11.1 Å². The summed E-state index contributed by atoms with van der Waals surface area (Å²) in [6.07, 6.45) is 0. The van der Waals surface area contributed by atoms with E-state index < -0.39 is 5.41 Å². The Labute approximate surface area is 110 Å². The topological polar surface area (TPSA) is 80.9 Å². The Morgan fingerprint density at radius 2 is 0.947 bits per heavy atom. The molecule has 0 amide bonds. The Kier molecular flexibility index (Phi) is 2.06. The highest BCUT2D eigenvalue weighted by molar-refractivity contribution is 5.84. The van der Waals surface area contributed by atoms with Crippen LogP contribution in [0.5, 0.6) is 23.0 Å². The van der Waals surface area contributed by atoms with Crippen molar-refractivity contribution in [2.45, 2.75) is 19.3 Å². The van der Waals surface area contributed by atoms with Crippen molar-refractivity contribution < 1.29 is 20.4 Å². The van der Waals surface area contributed by atoms with Gasteiger partial charge in [0.1, 0.15) is 0 Å². The van der Waals surface area contributed by atoms with Crippen LogP contribution in [0.1, 0.15) is 25.0 Å². The largest absolute Gasteiger partial charge is 0.504 e. The Bertz CT molecular complexity index is 642. The van der Waals surface area contributed by atoms with Crippen molar-refractivity contribution in [2.24, 2.45) is 0 Å². The van der Waals surface area contributed by atoms with Gasteiger partial charge < -0.3 is 20.4 Å². The average molecular weight is 258 g/mol. The van der Waals surface area contributed by atoms with E-state index >= 15 is 0 Å². The van der Waals surface area contributed by atoms with Gasteiger partial charge in [-0.15, -0.1) is 0 Å². The van der Waals surface area contributed by atoms with E-state index in [4.69, 9.17) is 0 Å². The second kappa shape index (κ2) is 3.35. The van der Waals surface area contributed by atoms with Crippen molar-refractivity contribution in [2.75, 3.05) is 0 Å². The summed E-state index contributed by atoms with van der Waals surface area (Å²) in [5.41, 5.74) is 2.79. The van der Waals surface area contributed by atoms with Gasteiger partial charge >= 0.3 is 0 Å². The fourth-order valence-electron chi connectivity index (χ4n) is 2.78. The van der Waals surface area contributed by atoms with Gasteiger partial charge in [0.15, 0.2) is 23.0 Å².